The first kappa shape index (κ1) is 31.5. The summed E-state index contributed by atoms with van der Waals surface area (Å²) in [6.07, 6.45) is 6.24. The monoisotopic (exact) mass is 721 g/mol. The van der Waals surface area contributed by atoms with Gasteiger partial charge in [-0.05, 0) is 76.6 Å². The highest BCUT2D eigenvalue weighted by molar-refractivity contribution is 6.10. The predicted molar refractivity (Wildman–Crippen MR) is 225 cm³/mol. The van der Waals surface area contributed by atoms with Crippen molar-refractivity contribution in [3.8, 4) is 56.4 Å². The van der Waals surface area contributed by atoms with Crippen LogP contribution in [0.1, 0.15) is 43.2 Å². The fraction of sp³-hybridized carbons (Fsp3) is 0.118. The number of hydrogen-bond acceptors (Lipinski definition) is 5. The molecule has 0 amide bonds. The average molecular weight is 722 g/mol. The summed E-state index contributed by atoms with van der Waals surface area (Å²) in [6, 6.07) is 53.4. The highest BCUT2D eigenvalue weighted by Gasteiger charge is 2.44. The Morgan fingerprint density at radius 1 is 0.393 bits per heavy atom. The van der Waals surface area contributed by atoms with Gasteiger partial charge in [0.2, 0.25) is 0 Å². The molecule has 1 spiro atoms. The molecule has 12 rings (SSSR count). The first-order valence-electron chi connectivity index (χ1n) is 19.7. The van der Waals surface area contributed by atoms with Crippen LogP contribution in [0.2, 0.25) is 0 Å². The second-order valence-corrected chi connectivity index (χ2v) is 15.4. The Hall–Kier alpha value is -6.85. The van der Waals surface area contributed by atoms with Crippen LogP contribution in [0.3, 0.4) is 0 Å². The molecule has 5 nitrogen and oxygen atoms in total. The molecule has 3 heterocycles. The minimum atomic E-state index is 0.0884. The zero-order valence-corrected chi connectivity index (χ0v) is 30.6. The molecular weight excluding hydrogens is 687 g/mol. The predicted octanol–water partition coefficient (Wildman–Crippen LogP) is 13.6. The van der Waals surface area contributed by atoms with E-state index in [0.717, 1.165) is 66.1 Å². The average Bonchev–Trinajstić information content (AvgIpc) is 3.93. The Labute approximate surface area is 323 Å². The minimum Gasteiger partial charge on any atom is -0.455 e. The Balaban J connectivity index is 1.07. The van der Waals surface area contributed by atoms with Gasteiger partial charge in [-0.3, -0.25) is 0 Å². The SMILES string of the molecule is c1cc(-c2nc(-c3cccc4c3oc3ccccc34)nc(-c3cccc4c3oc3ccccc34)n2)cc(-c2cccc3c2-c2ccccc2C32CCCCC2)c1. The van der Waals surface area contributed by atoms with Crippen molar-refractivity contribution in [2.45, 2.75) is 37.5 Å². The van der Waals surface area contributed by atoms with Crippen molar-refractivity contribution in [1.29, 1.82) is 0 Å². The van der Waals surface area contributed by atoms with Crippen LogP contribution in [0, 0.1) is 0 Å². The summed E-state index contributed by atoms with van der Waals surface area (Å²) >= 11 is 0. The molecule has 3 aromatic heterocycles. The van der Waals surface area contributed by atoms with Crippen LogP contribution in [0.15, 0.2) is 160 Å². The Kier molecular flexibility index (Phi) is 6.79. The van der Waals surface area contributed by atoms with E-state index in [0.29, 0.717) is 17.5 Å². The standard InChI is InChI=1S/C51H35N3O2/c1-8-28-51(29-9-1)41-24-5-2-18-38(41)45-33(19-13-25-42(45)51)31-14-10-15-32(30-31)48-52-49(39-22-11-20-36-34-16-3-6-26-43(34)55-46(36)39)54-50(53-48)40-23-12-21-37-35-17-4-7-27-44(35)56-47(37)40/h2-7,10-27,30H,1,8-9,28-29H2. The van der Waals surface area contributed by atoms with E-state index in [1.807, 2.05) is 48.5 Å². The van der Waals surface area contributed by atoms with Crippen LogP contribution < -0.4 is 0 Å². The van der Waals surface area contributed by atoms with E-state index in [-0.39, 0.29) is 5.41 Å². The third kappa shape index (κ3) is 4.58. The maximum atomic E-state index is 6.52. The van der Waals surface area contributed by atoms with E-state index in [1.165, 1.54) is 59.9 Å². The molecule has 56 heavy (non-hydrogen) atoms. The Morgan fingerprint density at radius 3 is 1.59 bits per heavy atom. The van der Waals surface area contributed by atoms with E-state index < -0.39 is 0 Å². The second kappa shape index (κ2) is 12.1. The summed E-state index contributed by atoms with van der Waals surface area (Å²) in [5.41, 5.74) is 13.9. The van der Waals surface area contributed by atoms with E-state index in [4.69, 9.17) is 23.8 Å². The van der Waals surface area contributed by atoms with Gasteiger partial charge >= 0.3 is 0 Å². The van der Waals surface area contributed by atoms with E-state index in [9.17, 15) is 0 Å². The summed E-state index contributed by atoms with van der Waals surface area (Å²) in [5.74, 6) is 1.67. The molecule has 7 aromatic carbocycles. The molecule has 2 aliphatic carbocycles. The van der Waals surface area contributed by atoms with Crippen molar-refractivity contribution in [1.82, 2.24) is 15.0 Å². The number of furan rings is 2. The van der Waals surface area contributed by atoms with E-state index >= 15 is 0 Å². The van der Waals surface area contributed by atoms with Crippen LogP contribution in [-0.2, 0) is 5.41 Å². The van der Waals surface area contributed by atoms with Gasteiger partial charge < -0.3 is 8.83 Å². The van der Waals surface area contributed by atoms with Crippen molar-refractivity contribution >= 4 is 43.9 Å². The van der Waals surface area contributed by atoms with Crippen molar-refractivity contribution < 1.29 is 8.83 Å². The number of rotatable bonds is 4. The van der Waals surface area contributed by atoms with Crippen molar-refractivity contribution in [2.75, 3.05) is 0 Å². The van der Waals surface area contributed by atoms with Crippen LogP contribution in [-0.4, -0.2) is 15.0 Å². The molecule has 266 valence electrons. The molecule has 0 radical (unpaired) electrons. The minimum absolute atomic E-state index is 0.0884. The highest BCUT2D eigenvalue weighted by Crippen LogP contribution is 2.58. The van der Waals surface area contributed by atoms with E-state index in [2.05, 4.69) is 103 Å². The lowest BCUT2D eigenvalue weighted by molar-refractivity contribution is 0.353. The molecule has 10 aromatic rings. The number of benzene rings is 7. The van der Waals surface area contributed by atoms with Gasteiger partial charge in [-0.1, -0.05) is 141 Å². The second-order valence-electron chi connectivity index (χ2n) is 15.4. The molecule has 5 heteroatoms. The van der Waals surface area contributed by atoms with Gasteiger partial charge in [0.15, 0.2) is 17.5 Å². The van der Waals surface area contributed by atoms with Crippen LogP contribution in [0.5, 0.6) is 0 Å². The topological polar surface area (TPSA) is 65.0 Å². The largest absolute Gasteiger partial charge is 0.455 e. The normalized spacial score (nSPS) is 14.6. The molecule has 1 fully saturated rings. The van der Waals surface area contributed by atoms with Crippen molar-refractivity contribution in [3.63, 3.8) is 0 Å². The van der Waals surface area contributed by atoms with Crippen LogP contribution >= 0.6 is 0 Å². The quantitative estimate of drug-likeness (QED) is 0.181. The van der Waals surface area contributed by atoms with Gasteiger partial charge in [0.05, 0.1) is 11.1 Å². The number of nitrogens with zero attached hydrogens (tertiary/aromatic N) is 3. The maximum Gasteiger partial charge on any atom is 0.167 e. The lowest BCUT2D eigenvalue weighted by Crippen LogP contribution is -2.27. The van der Waals surface area contributed by atoms with Gasteiger partial charge in [0, 0.05) is 32.5 Å². The highest BCUT2D eigenvalue weighted by atomic mass is 16.3. The third-order valence-electron chi connectivity index (χ3n) is 12.4. The number of para-hydroxylation sites is 4. The van der Waals surface area contributed by atoms with Gasteiger partial charge in [-0.2, -0.15) is 0 Å². The summed E-state index contributed by atoms with van der Waals surface area (Å²) in [7, 11) is 0. The third-order valence-corrected chi connectivity index (χ3v) is 12.4. The van der Waals surface area contributed by atoms with Crippen LogP contribution in [0.25, 0.3) is 100 Å². The summed E-state index contributed by atoms with van der Waals surface area (Å²) in [6.45, 7) is 0. The van der Waals surface area contributed by atoms with Crippen LogP contribution in [0.4, 0.5) is 0 Å². The smallest absolute Gasteiger partial charge is 0.167 e. The molecule has 0 unspecified atom stereocenters. The first-order valence-corrected chi connectivity index (χ1v) is 19.7. The molecular formula is C51H35N3O2. The zero-order valence-electron chi connectivity index (χ0n) is 30.6. The first-order chi connectivity index (χ1) is 27.7. The molecule has 2 aliphatic rings. The molecule has 0 atom stereocenters. The number of aromatic nitrogens is 3. The summed E-state index contributed by atoms with van der Waals surface area (Å²) < 4.78 is 13.0. The van der Waals surface area contributed by atoms with Gasteiger partial charge in [0.25, 0.3) is 0 Å². The lowest BCUT2D eigenvalue weighted by atomic mass is 9.68. The molecule has 0 N–H and O–H groups in total. The fourth-order valence-electron chi connectivity index (χ4n) is 9.86. The lowest BCUT2D eigenvalue weighted by Gasteiger charge is -2.36. The molecule has 1 saturated carbocycles. The number of fused-ring (bicyclic) bond motifs is 11. The van der Waals surface area contributed by atoms with Gasteiger partial charge in [0.1, 0.15) is 22.3 Å². The maximum absolute atomic E-state index is 6.52. The summed E-state index contributed by atoms with van der Waals surface area (Å²) in [5, 5.41) is 4.17. The van der Waals surface area contributed by atoms with Gasteiger partial charge in [-0.15, -0.1) is 0 Å². The van der Waals surface area contributed by atoms with Gasteiger partial charge in [-0.25, -0.2) is 15.0 Å². The number of hydrogen-bond donors (Lipinski definition) is 0. The molecule has 0 aliphatic heterocycles. The fourth-order valence-corrected chi connectivity index (χ4v) is 9.86. The Bertz CT molecular complexity index is 3070. The van der Waals surface area contributed by atoms with E-state index in [1.54, 1.807) is 0 Å². The summed E-state index contributed by atoms with van der Waals surface area (Å²) in [4.78, 5) is 15.7. The van der Waals surface area contributed by atoms with Crippen molar-refractivity contribution in [3.05, 3.63) is 163 Å². The molecule has 0 saturated heterocycles. The Morgan fingerprint density at radius 2 is 0.893 bits per heavy atom. The van der Waals surface area contributed by atoms with Crippen molar-refractivity contribution in [2.24, 2.45) is 0 Å². The zero-order chi connectivity index (χ0) is 36.8. The molecule has 0 bridgehead atoms.